The topological polar surface area (TPSA) is 102 Å². The Morgan fingerprint density at radius 3 is 2.31 bits per heavy atom. The molecule has 2 aromatic carbocycles. The molecule has 0 radical (unpaired) electrons. The molecule has 0 unspecified atom stereocenters. The van der Waals surface area contributed by atoms with Gasteiger partial charge in [-0.3, -0.25) is 9.59 Å². The van der Waals surface area contributed by atoms with Crippen LogP contribution in [-0.2, 0) is 21.2 Å². The second-order valence-electron chi connectivity index (χ2n) is 7.82. The van der Waals surface area contributed by atoms with E-state index >= 15 is 0 Å². The van der Waals surface area contributed by atoms with Gasteiger partial charge in [0.1, 0.15) is 0 Å². The molecule has 2 aliphatic heterocycles. The minimum atomic E-state index is -3.68. The SMILES string of the molecule is CCC(=O)N1CCc2cc(C(=O)N3CCN(S(=O)(=O)c4ccc(C#N)cc4)CC3)ccc21. The van der Waals surface area contributed by atoms with E-state index in [0.717, 1.165) is 17.7 Å². The van der Waals surface area contributed by atoms with Gasteiger partial charge >= 0.3 is 0 Å². The number of hydrogen-bond donors (Lipinski definition) is 0. The molecule has 0 aliphatic carbocycles. The molecule has 0 saturated carbocycles. The molecule has 2 amide bonds. The summed E-state index contributed by atoms with van der Waals surface area (Å²) in [6, 6.07) is 13.2. The van der Waals surface area contributed by atoms with Gasteiger partial charge in [-0.1, -0.05) is 6.92 Å². The van der Waals surface area contributed by atoms with Crippen LogP contribution in [-0.4, -0.2) is 62.2 Å². The Morgan fingerprint density at radius 1 is 1.00 bits per heavy atom. The zero-order chi connectivity index (χ0) is 22.9. The average Bonchev–Trinajstić information content (AvgIpc) is 3.26. The van der Waals surface area contributed by atoms with Crippen molar-refractivity contribution in [1.82, 2.24) is 9.21 Å². The van der Waals surface area contributed by atoms with Crippen LogP contribution in [0.5, 0.6) is 0 Å². The molecular formula is C23H24N4O4S. The highest BCUT2D eigenvalue weighted by atomic mass is 32.2. The summed E-state index contributed by atoms with van der Waals surface area (Å²) in [6.07, 6.45) is 1.16. The van der Waals surface area contributed by atoms with Gasteiger partial charge in [-0.2, -0.15) is 9.57 Å². The van der Waals surface area contributed by atoms with E-state index in [1.54, 1.807) is 15.9 Å². The predicted molar refractivity (Wildman–Crippen MR) is 119 cm³/mol. The molecule has 9 heteroatoms. The zero-order valence-electron chi connectivity index (χ0n) is 17.8. The van der Waals surface area contributed by atoms with Crippen molar-refractivity contribution in [2.75, 3.05) is 37.6 Å². The number of nitrogens with zero attached hydrogens (tertiary/aromatic N) is 4. The van der Waals surface area contributed by atoms with E-state index in [2.05, 4.69) is 0 Å². The van der Waals surface area contributed by atoms with E-state index in [1.165, 1.54) is 28.6 Å². The normalized spacial score (nSPS) is 16.5. The van der Waals surface area contributed by atoms with E-state index in [4.69, 9.17) is 5.26 Å². The summed E-state index contributed by atoms with van der Waals surface area (Å²) in [5, 5.41) is 8.89. The number of amides is 2. The van der Waals surface area contributed by atoms with Gasteiger partial charge in [0.2, 0.25) is 15.9 Å². The van der Waals surface area contributed by atoms with Crippen molar-refractivity contribution in [1.29, 1.82) is 5.26 Å². The first-order valence-corrected chi connectivity index (χ1v) is 12.0. The maximum Gasteiger partial charge on any atom is 0.253 e. The highest BCUT2D eigenvalue weighted by Crippen LogP contribution is 2.30. The van der Waals surface area contributed by atoms with Crippen LogP contribution in [0, 0.1) is 11.3 Å². The summed E-state index contributed by atoms with van der Waals surface area (Å²) in [7, 11) is -3.68. The van der Waals surface area contributed by atoms with Gasteiger partial charge in [0.15, 0.2) is 0 Å². The first kappa shape index (κ1) is 22.0. The molecule has 1 fully saturated rings. The Bertz CT molecular complexity index is 1190. The highest BCUT2D eigenvalue weighted by Gasteiger charge is 2.31. The minimum Gasteiger partial charge on any atom is -0.336 e. The molecule has 2 aliphatic rings. The number of carbonyl (C=O) groups excluding carboxylic acids is 2. The Morgan fingerprint density at radius 2 is 1.69 bits per heavy atom. The van der Waals surface area contributed by atoms with Gasteiger partial charge in [-0.05, 0) is 54.4 Å². The van der Waals surface area contributed by atoms with Crippen molar-refractivity contribution in [2.45, 2.75) is 24.7 Å². The average molecular weight is 453 g/mol. The van der Waals surface area contributed by atoms with Crippen LogP contribution in [0.3, 0.4) is 0 Å². The van der Waals surface area contributed by atoms with Crippen LogP contribution in [0.2, 0.25) is 0 Å². The summed E-state index contributed by atoms with van der Waals surface area (Å²) in [5.41, 5.74) is 2.81. The number of benzene rings is 2. The number of hydrogen-bond acceptors (Lipinski definition) is 5. The highest BCUT2D eigenvalue weighted by molar-refractivity contribution is 7.89. The third-order valence-electron chi connectivity index (χ3n) is 5.97. The number of nitriles is 1. The number of fused-ring (bicyclic) bond motifs is 1. The van der Waals surface area contributed by atoms with Crippen LogP contribution in [0.4, 0.5) is 5.69 Å². The summed E-state index contributed by atoms with van der Waals surface area (Å²) in [4.78, 5) is 28.7. The fourth-order valence-electron chi connectivity index (χ4n) is 4.15. The first-order valence-electron chi connectivity index (χ1n) is 10.6. The number of rotatable bonds is 4. The quantitative estimate of drug-likeness (QED) is 0.706. The maximum absolute atomic E-state index is 13.0. The van der Waals surface area contributed by atoms with Crippen molar-refractivity contribution >= 4 is 27.5 Å². The third kappa shape index (κ3) is 3.99. The van der Waals surface area contributed by atoms with Crippen molar-refractivity contribution < 1.29 is 18.0 Å². The number of anilines is 1. The lowest BCUT2D eigenvalue weighted by Crippen LogP contribution is -2.50. The van der Waals surface area contributed by atoms with Crippen molar-refractivity contribution in [2.24, 2.45) is 0 Å². The maximum atomic E-state index is 13.0. The summed E-state index contributed by atoms with van der Waals surface area (Å²) in [6.45, 7) is 3.47. The lowest BCUT2D eigenvalue weighted by molar-refractivity contribution is -0.118. The lowest BCUT2D eigenvalue weighted by Gasteiger charge is -2.34. The Balaban J connectivity index is 1.43. The molecular weight excluding hydrogens is 428 g/mol. The van der Waals surface area contributed by atoms with Crippen LogP contribution in [0.15, 0.2) is 47.4 Å². The van der Waals surface area contributed by atoms with Crippen molar-refractivity contribution in [3.8, 4) is 6.07 Å². The van der Waals surface area contributed by atoms with Gasteiger partial charge in [0.05, 0.1) is 16.5 Å². The summed E-state index contributed by atoms with van der Waals surface area (Å²) >= 11 is 0. The standard InChI is InChI=1S/C23H24N4O4S/c1-2-22(28)27-10-9-18-15-19(5-8-21(18)27)23(29)25-11-13-26(14-12-25)32(30,31)20-6-3-17(16-24)4-7-20/h3-8,15H,2,9-14H2,1H3. The lowest BCUT2D eigenvalue weighted by atomic mass is 10.1. The predicted octanol–water partition coefficient (Wildman–Crippen LogP) is 2.00. The van der Waals surface area contributed by atoms with E-state index in [0.29, 0.717) is 37.2 Å². The Hall–Kier alpha value is -3.22. The van der Waals surface area contributed by atoms with Gasteiger partial charge in [0.25, 0.3) is 5.91 Å². The van der Waals surface area contributed by atoms with E-state index in [9.17, 15) is 18.0 Å². The van der Waals surface area contributed by atoms with Crippen LogP contribution >= 0.6 is 0 Å². The van der Waals surface area contributed by atoms with Gasteiger partial charge in [-0.15, -0.1) is 0 Å². The van der Waals surface area contributed by atoms with E-state index < -0.39 is 10.0 Å². The number of sulfonamides is 1. The van der Waals surface area contributed by atoms with E-state index in [1.807, 2.05) is 25.1 Å². The molecule has 1 saturated heterocycles. The molecule has 0 aromatic heterocycles. The van der Waals surface area contributed by atoms with E-state index in [-0.39, 0.29) is 29.8 Å². The second-order valence-corrected chi connectivity index (χ2v) is 9.76. The molecule has 0 bridgehead atoms. The van der Waals surface area contributed by atoms with Crippen LogP contribution in [0.25, 0.3) is 0 Å². The Labute approximate surface area is 187 Å². The molecule has 2 aromatic rings. The van der Waals surface area contributed by atoms with Gasteiger partial charge < -0.3 is 9.80 Å². The smallest absolute Gasteiger partial charge is 0.253 e. The molecule has 32 heavy (non-hydrogen) atoms. The molecule has 4 rings (SSSR count). The Kier molecular flexibility index (Phi) is 6.00. The largest absolute Gasteiger partial charge is 0.336 e. The molecule has 8 nitrogen and oxygen atoms in total. The molecule has 0 spiro atoms. The molecule has 2 heterocycles. The summed E-state index contributed by atoms with van der Waals surface area (Å²) < 4.78 is 27.1. The summed E-state index contributed by atoms with van der Waals surface area (Å²) in [5.74, 6) is -0.0640. The molecule has 0 N–H and O–H groups in total. The van der Waals surface area contributed by atoms with Crippen molar-refractivity contribution in [3.05, 3.63) is 59.2 Å². The number of piperazine rings is 1. The molecule has 166 valence electrons. The third-order valence-corrected chi connectivity index (χ3v) is 7.89. The fourth-order valence-corrected chi connectivity index (χ4v) is 5.57. The number of carbonyl (C=O) groups is 2. The van der Waals surface area contributed by atoms with Crippen LogP contribution < -0.4 is 4.90 Å². The van der Waals surface area contributed by atoms with Crippen molar-refractivity contribution in [3.63, 3.8) is 0 Å². The van der Waals surface area contributed by atoms with Gasteiger partial charge in [0, 0.05) is 50.4 Å². The second kappa shape index (κ2) is 8.73. The first-order chi connectivity index (χ1) is 15.3. The molecule has 0 atom stereocenters. The fraction of sp³-hybridized carbons (Fsp3) is 0.348. The monoisotopic (exact) mass is 452 g/mol. The van der Waals surface area contributed by atoms with Crippen LogP contribution in [0.1, 0.15) is 34.8 Å². The minimum absolute atomic E-state index is 0.0717. The van der Waals surface area contributed by atoms with Gasteiger partial charge in [-0.25, -0.2) is 8.42 Å². The zero-order valence-corrected chi connectivity index (χ0v) is 18.6.